The number of hydrogen-bond donors (Lipinski definition) is 2. The number of aliphatic hydroxyl groups excluding tert-OH is 1. The SMILES string of the molecule is C=CC(=O)Nc1ccc([C@H](O)CCC)c2c1C(=O)N([C@H](CS(C)(=O)=O)c1ccc(OC)c(OCC)c1)C2=O. The summed E-state index contributed by atoms with van der Waals surface area (Å²) < 4.78 is 35.9. The number of hydrogen-bond acceptors (Lipinski definition) is 8. The monoisotopic (exact) mass is 544 g/mol. The first kappa shape index (κ1) is 28.9. The highest BCUT2D eigenvalue weighted by Gasteiger charge is 2.45. The zero-order valence-electron chi connectivity index (χ0n) is 21.8. The number of nitrogens with one attached hydrogen (secondary N) is 1. The number of benzene rings is 2. The van der Waals surface area contributed by atoms with Crippen LogP contribution in [-0.2, 0) is 14.6 Å². The molecule has 1 aliphatic rings. The van der Waals surface area contributed by atoms with Crippen LogP contribution in [0.25, 0.3) is 0 Å². The van der Waals surface area contributed by atoms with Crippen LogP contribution in [0.3, 0.4) is 0 Å². The molecule has 38 heavy (non-hydrogen) atoms. The lowest BCUT2D eigenvalue weighted by molar-refractivity contribution is -0.111. The first-order valence-corrected chi connectivity index (χ1v) is 14.2. The van der Waals surface area contributed by atoms with E-state index >= 15 is 0 Å². The van der Waals surface area contributed by atoms with Crippen LogP contribution in [-0.4, -0.2) is 61.9 Å². The van der Waals surface area contributed by atoms with Crippen LogP contribution in [0.5, 0.6) is 11.5 Å². The zero-order chi connectivity index (χ0) is 28.2. The van der Waals surface area contributed by atoms with Crippen LogP contribution in [0, 0.1) is 0 Å². The molecule has 1 aliphatic heterocycles. The van der Waals surface area contributed by atoms with E-state index in [0.29, 0.717) is 36.5 Å². The van der Waals surface area contributed by atoms with Gasteiger partial charge in [0.1, 0.15) is 9.84 Å². The Hall–Kier alpha value is -3.70. The maximum absolute atomic E-state index is 13.9. The lowest BCUT2D eigenvalue weighted by Gasteiger charge is -2.27. The van der Waals surface area contributed by atoms with E-state index in [4.69, 9.17) is 9.47 Å². The van der Waals surface area contributed by atoms with Gasteiger partial charge in [-0.15, -0.1) is 0 Å². The number of anilines is 1. The van der Waals surface area contributed by atoms with Crippen LogP contribution in [0.15, 0.2) is 43.0 Å². The lowest BCUT2D eigenvalue weighted by Crippen LogP contribution is -2.38. The molecule has 204 valence electrons. The topological polar surface area (TPSA) is 139 Å². The summed E-state index contributed by atoms with van der Waals surface area (Å²) in [5, 5.41) is 13.3. The molecule has 3 rings (SSSR count). The van der Waals surface area contributed by atoms with Crippen molar-refractivity contribution in [3.8, 4) is 11.5 Å². The number of carbonyl (C=O) groups is 3. The number of rotatable bonds is 12. The molecule has 0 saturated carbocycles. The van der Waals surface area contributed by atoms with Gasteiger partial charge in [0.2, 0.25) is 5.91 Å². The molecule has 11 heteroatoms. The van der Waals surface area contributed by atoms with Gasteiger partial charge in [-0.3, -0.25) is 19.3 Å². The Balaban J connectivity index is 2.23. The Morgan fingerprint density at radius 2 is 1.82 bits per heavy atom. The van der Waals surface area contributed by atoms with Crippen molar-refractivity contribution in [1.82, 2.24) is 4.90 Å². The van der Waals surface area contributed by atoms with Gasteiger partial charge in [0, 0.05) is 6.26 Å². The summed E-state index contributed by atoms with van der Waals surface area (Å²) in [6, 6.07) is 6.37. The van der Waals surface area contributed by atoms with E-state index in [0.717, 1.165) is 17.2 Å². The van der Waals surface area contributed by atoms with Gasteiger partial charge in [0.05, 0.1) is 48.4 Å². The molecule has 0 aliphatic carbocycles. The zero-order valence-corrected chi connectivity index (χ0v) is 22.6. The fourth-order valence-corrected chi connectivity index (χ4v) is 5.37. The number of nitrogens with zero attached hydrogens (tertiary/aromatic N) is 1. The Labute approximate surface area is 222 Å². The van der Waals surface area contributed by atoms with Crippen molar-refractivity contribution in [1.29, 1.82) is 0 Å². The molecule has 0 fully saturated rings. The Morgan fingerprint density at radius 1 is 1.13 bits per heavy atom. The van der Waals surface area contributed by atoms with E-state index in [9.17, 15) is 27.9 Å². The molecule has 2 aromatic rings. The smallest absolute Gasteiger partial charge is 0.264 e. The Morgan fingerprint density at radius 3 is 2.39 bits per heavy atom. The molecule has 0 spiro atoms. The average Bonchev–Trinajstić information content (AvgIpc) is 3.13. The molecule has 0 saturated heterocycles. The molecular weight excluding hydrogens is 512 g/mol. The van der Waals surface area contributed by atoms with Gasteiger partial charge in [-0.1, -0.05) is 32.1 Å². The Bertz CT molecular complexity index is 1370. The van der Waals surface area contributed by atoms with Crippen LogP contribution in [0.2, 0.25) is 0 Å². The van der Waals surface area contributed by atoms with Gasteiger partial charge in [-0.2, -0.15) is 0 Å². The maximum atomic E-state index is 13.9. The molecule has 0 bridgehead atoms. The van der Waals surface area contributed by atoms with Crippen molar-refractivity contribution in [3.05, 3.63) is 65.2 Å². The highest BCUT2D eigenvalue weighted by molar-refractivity contribution is 7.90. The van der Waals surface area contributed by atoms with Crippen molar-refractivity contribution in [3.63, 3.8) is 0 Å². The van der Waals surface area contributed by atoms with Crippen molar-refractivity contribution in [2.24, 2.45) is 0 Å². The predicted octanol–water partition coefficient (Wildman–Crippen LogP) is 3.43. The van der Waals surface area contributed by atoms with Crippen molar-refractivity contribution in [2.45, 2.75) is 38.8 Å². The van der Waals surface area contributed by atoms with E-state index in [1.54, 1.807) is 19.1 Å². The first-order chi connectivity index (χ1) is 18.0. The highest BCUT2D eigenvalue weighted by atomic mass is 32.2. The van der Waals surface area contributed by atoms with Crippen molar-refractivity contribution < 1.29 is 37.4 Å². The van der Waals surface area contributed by atoms with E-state index in [-0.39, 0.29) is 22.4 Å². The van der Waals surface area contributed by atoms with Crippen LogP contribution in [0.1, 0.15) is 70.7 Å². The molecule has 2 N–H and O–H groups in total. The summed E-state index contributed by atoms with van der Waals surface area (Å²) in [6.07, 6.45) is 1.92. The summed E-state index contributed by atoms with van der Waals surface area (Å²) in [4.78, 5) is 40.7. The lowest BCUT2D eigenvalue weighted by atomic mass is 9.95. The van der Waals surface area contributed by atoms with Gasteiger partial charge in [-0.25, -0.2) is 8.42 Å². The number of imide groups is 1. The third-order valence-electron chi connectivity index (χ3n) is 6.11. The number of sulfone groups is 1. The second-order valence-electron chi connectivity index (χ2n) is 8.88. The van der Waals surface area contributed by atoms with E-state index in [1.165, 1.54) is 25.3 Å². The molecule has 3 amide bonds. The summed E-state index contributed by atoms with van der Waals surface area (Å²) in [5.41, 5.74) is 0.425. The Kier molecular flexibility index (Phi) is 8.95. The second kappa shape index (κ2) is 11.8. The fraction of sp³-hybridized carbons (Fsp3) is 0.370. The largest absolute Gasteiger partial charge is 0.493 e. The summed E-state index contributed by atoms with van der Waals surface area (Å²) in [5.74, 6) is -2.00. The van der Waals surface area contributed by atoms with E-state index < -0.39 is 45.5 Å². The molecule has 2 aromatic carbocycles. The molecule has 10 nitrogen and oxygen atoms in total. The molecule has 0 radical (unpaired) electrons. The third-order valence-corrected chi connectivity index (χ3v) is 7.03. The number of ether oxygens (including phenoxy) is 2. The minimum Gasteiger partial charge on any atom is -0.493 e. The normalized spacial score (nSPS) is 14.6. The van der Waals surface area contributed by atoms with Crippen LogP contribution in [0.4, 0.5) is 5.69 Å². The molecule has 0 aromatic heterocycles. The molecule has 2 atom stereocenters. The van der Waals surface area contributed by atoms with Gasteiger partial charge < -0.3 is 19.9 Å². The summed E-state index contributed by atoms with van der Waals surface area (Å²) in [7, 11) is -2.25. The quantitative estimate of drug-likeness (QED) is 0.306. The number of methoxy groups -OCH3 is 1. The van der Waals surface area contributed by atoms with Gasteiger partial charge >= 0.3 is 0 Å². The van der Waals surface area contributed by atoms with Gasteiger partial charge in [0.25, 0.3) is 11.8 Å². The fourth-order valence-electron chi connectivity index (χ4n) is 4.46. The standard InChI is InChI=1S/C27H32N2O8S/c1-6-9-20(30)17-11-12-18(28-23(31)7-2)25-24(17)26(32)29(27(25)33)19(15-38(5,34)35)16-10-13-21(36-4)22(14-16)37-8-3/h7,10-14,19-20,30H,2,6,8-9,15H2,1,3-5H3,(H,28,31)/t19-,20-/m1/s1. The van der Waals surface area contributed by atoms with Gasteiger partial charge in [0.15, 0.2) is 11.5 Å². The van der Waals surface area contributed by atoms with E-state index in [2.05, 4.69) is 11.9 Å². The maximum Gasteiger partial charge on any atom is 0.264 e. The van der Waals surface area contributed by atoms with Gasteiger partial charge in [-0.05, 0) is 48.7 Å². The number of aliphatic hydroxyl groups is 1. The highest BCUT2D eigenvalue weighted by Crippen LogP contribution is 2.41. The summed E-state index contributed by atoms with van der Waals surface area (Å²) >= 11 is 0. The third kappa shape index (κ3) is 5.89. The average molecular weight is 545 g/mol. The minimum absolute atomic E-state index is 0.0565. The number of fused-ring (bicyclic) bond motifs is 1. The molecular formula is C27H32N2O8S. The number of amides is 3. The number of carbonyl (C=O) groups excluding carboxylic acids is 3. The van der Waals surface area contributed by atoms with Crippen LogP contribution < -0.4 is 14.8 Å². The van der Waals surface area contributed by atoms with Crippen LogP contribution >= 0.6 is 0 Å². The summed E-state index contributed by atoms with van der Waals surface area (Å²) in [6.45, 7) is 7.35. The second-order valence-corrected chi connectivity index (χ2v) is 11.1. The van der Waals surface area contributed by atoms with Crippen molar-refractivity contribution >= 4 is 33.2 Å². The van der Waals surface area contributed by atoms with E-state index in [1.807, 2.05) is 6.92 Å². The molecule has 1 heterocycles. The predicted molar refractivity (Wildman–Crippen MR) is 142 cm³/mol. The minimum atomic E-state index is -3.70. The molecule has 0 unspecified atom stereocenters. The van der Waals surface area contributed by atoms with Crippen molar-refractivity contribution in [2.75, 3.05) is 31.0 Å². The first-order valence-electron chi connectivity index (χ1n) is 12.1.